The molecule has 1 fully saturated rings. The summed E-state index contributed by atoms with van der Waals surface area (Å²) in [5.41, 5.74) is 1.10. The SMILES string of the molecule is CC(C)OC(=O)Cn1ccc(C2CC2)n1. The maximum atomic E-state index is 11.3. The first-order valence-electron chi connectivity index (χ1n) is 5.38. The third kappa shape index (κ3) is 2.81. The Hall–Kier alpha value is -1.32. The number of carbonyl (C=O) groups excluding carboxylic acids is 1. The first kappa shape index (κ1) is 10.2. The number of ether oxygens (including phenoxy) is 1. The van der Waals surface area contributed by atoms with Gasteiger partial charge in [-0.05, 0) is 32.8 Å². The molecule has 1 aliphatic carbocycles. The summed E-state index contributed by atoms with van der Waals surface area (Å²) in [7, 11) is 0. The highest BCUT2D eigenvalue weighted by molar-refractivity contribution is 5.69. The van der Waals surface area contributed by atoms with Crippen LogP contribution in [0, 0.1) is 0 Å². The van der Waals surface area contributed by atoms with Crippen molar-refractivity contribution in [2.75, 3.05) is 0 Å². The Morgan fingerprint density at radius 2 is 2.40 bits per heavy atom. The molecule has 1 aliphatic rings. The highest BCUT2D eigenvalue weighted by atomic mass is 16.5. The number of carbonyl (C=O) groups is 1. The summed E-state index contributed by atoms with van der Waals surface area (Å²) in [5.74, 6) is 0.405. The van der Waals surface area contributed by atoms with Gasteiger partial charge in [0.25, 0.3) is 0 Å². The largest absolute Gasteiger partial charge is 0.462 e. The van der Waals surface area contributed by atoms with E-state index >= 15 is 0 Å². The summed E-state index contributed by atoms with van der Waals surface area (Å²) in [6, 6.07) is 1.99. The predicted octanol–water partition coefficient (Wildman–Crippen LogP) is 1.71. The lowest BCUT2D eigenvalue weighted by Gasteiger charge is -2.07. The molecule has 2 rings (SSSR count). The van der Waals surface area contributed by atoms with E-state index in [9.17, 15) is 4.79 Å². The van der Waals surface area contributed by atoms with Crippen LogP contribution in [0.5, 0.6) is 0 Å². The number of hydrogen-bond acceptors (Lipinski definition) is 3. The second-order valence-electron chi connectivity index (χ2n) is 4.25. The molecule has 1 saturated carbocycles. The van der Waals surface area contributed by atoms with Crippen molar-refractivity contribution in [3.8, 4) is 0 Å². The number of hydrogen-bond donors (Lipinski definition) is 0. The summed E-state index contributed by atoms with van der Waals surface area (Å²) in [6.45, 7) is 3.90. The van der Waals surface area contributed by atoms with Crippen LogP contribution >= 0.6 is 0 Å². The maximum Gasteiger partial charge on any atom is 0.328 e. The Morgan fingerprint density at radius 1 is 1.67 bits per heavy atom. The van der Waals surface area contributed by atoms with E-state index in [1.165, 1.54) is 12.8 Å². The summed E-state index contributed by atoms with van der Waals surface area (Å²) in [5, 5.41) is 4.34. The lowest BCUT2D eigenvalue weighted by Crippen LogP contribution is -2.17. The molecule has 1 heterocycles. The molecule has 0 atom stereocenters. The molecule has 4 heteroatoms. The molecule has 0 unspecified atom stereocenters. The first-order valence-corrected chi connectivity index (χ1v) is 5.38. The van der Waals surface area contributed by atoms with Crippen molar-refractivity contribution in [3.63, 3.8) is 0 Å². The van der Waals surface area contributed by atoms with Crippen molar-refractivity contribution < 1.29 is 9.53 Å². The molecule has 0 bridgehead atoms. The van der Waals surface area contributed by atoms with Crippen molar-refractivity contribution in [3.05, 3.63) is 18.0 Å². The van der Waals surface area contributed by atoms with Crippen LogP contribution in [-0.4, -0.2) is 21.9 Å². The van der Waals surface area contributed by atoms with Gasteiger partial charge in [-0.1, -0.05) is 0 Å². The smallest absolute Gasteiger partial charge is 0.328 e. The third-order valence-electron chi connectivity index (χ3n) is 2.32. The van der Waals surface area contributed by atoms with Crippen LogP contribution in [0.3, 0.4) is 0 Å². The Morgan fingerprint density at radius 3 is 3.00 bits per heavy atom. The summed E-state index contributed by atoms with van der Waals surface area (Å²) in [6.07, 6.45) is 4.24. The molecule has 0 spiro atoms. The molecule has 82 valence electrons. The number of rotatable bonds is 4. The summed E-state index contributed by atoms with van der Waals surface area (Å²) >= 11 is 0. The molecule has 0 aliphatic heterocycles. The highest BCUT2D eigenvalue weighted by Gasteiger charge is 2.25. The van der Waals surface area contributed by atoms with Crippen molar-refractivity contribution in [2.24, 2.45) is 0 Å². The second kappa shape index (κ2) is 4.04. The van der Waals surface area contributed by atoms with E-state index in [0.29, 0.717) is 5.92 Å². The van der Waals surface area contributed by atoms with Crippen molar-refractivity contribution in [1.29, 1.82) is 0 Å². The van der Waals surface area contributed by atoms with Crippen LogP contribution in [0.15, 0.2) is 12.3 Å². The monoisotopic (exact) mass is 208 g/mol. The highest BCUT2D eigenvalue weighted by Crippen LogP contribution is 2.38. The summed E-state index contributed by atoms with van der Waals surface area (Å²) in [4.78, 5) is 11.3. The van der Waals surface area contributed by atoms with Gasteiger partial charge in [0.15, 0.2) is 0 Å². The van der Waals surface area contributed by atoms with E-state index in [1.807, 2.05) is 26.1 Å². The Bertz CT molecular complexity index is 353. The molecule has 4 nitrogen and oxygen atoms in total. The van der Waals surface area contributed by atoms with Gasteiger partial charge in [-0.25, -0.2) is 0 Å². The van der Waals surface area contributed by atoms with Crippen LogP contribution in [-0.2, 0) is 16.1 Å². The Balaban J connectivity index is 1.89. The lowest BCUT2D eigenvalue weighted by atomic mass is 10.3. The van der Waals surface area contributed by atoms with E-state index in [1.54, 1.807) is 4.68 Å². The van der Waals surface area contributed by atoms with Crippen LogP contribution in [0.4, 0.5) is 0 Å². The van der Waals surface area contributed by atoms with Gasteiger partial charge >= 0.3 is 5.97 Å². The van der Waals surface area contributed by atoms with Crippen molar-refractivity contribution in [2.45, 2.75) is 45.3 Å². The van der Waals surface area contributed by atoms with E-state index in [-0.39, 0.29) is 18.6 Å². The van der Waals surface area contributed by atoms with E-state index < -0.39 is 0 Å². The normalized spacial score (nSPS) is 15.7. The molecule has 1 aromatic rings. The fourth-order valence-electron chi connectivity index (χ4n) is 1.49. The topological polar surface area (TPSA) is 44.1 Å². The van der Waals surface area contributed by atoms with Crippen LogP contribution < -0.4 is 0 Å². The van der Waals surface area contributed by atoms with E-state index in [2.05, 4.69) is 5.10 Å². The lowest BCUT2D eigenvalue weighted by molar-refractivity contribution is -0.148. The van der Waals surface area contributed by atoms with Gasteiger partial charge in [0.2, 0.25) is 0 Å². The number of nitrogens with zero attached hydrogens (tertiary/aromatic N) is 2. The Labute approximate surface area is 89.2 Å². The second-order valence-corrected chi connectivity index (χ2v) is 4.25. The molecular weight excluding hydrogens is 192 g/mol. The first-order chi connectivity index (χ1) is 7.15. The fraction of sp³-hybridized carbons (Fsp3) is 0.636. The van der Waals surface area contributed by atoms with Crippen LogP contribution in [0.2, 0.25) is 0 Å². The van der Waals surface area contributed by atoms with E-state index in [0.717, 1.165) is 5.69 Å². The van der Waals surface area contributed by atoms with Crippen LogP contribution in [0.1, 0.15) is 38.3 Å². The molecule has 0 radical (unpaired) electrons. The zero-order valence-electron chi connectivity index (χ0n) is 9.14. The molecule has 0 saturated heterocycles. The Kier molecular flexibility index (Phi) is 2.75. The minimum absolute atomic E-state index is 0.0593. The molecular formula is C11H16N2O2. The zero-order valence-corrected chi connectivity index (χ0v) is 9.14. The van der Waals surface area contributed by atoms with Gasteiger partial charge in [-0.15, -0.1) is 0 Å². The zero-order chi connectivity index (χ0) is 10.8. The average Bonchev–Trinajstić information content (AvgIpc) is 2.87. The van der Waals surface area contributed by atoms with Crippen molar-refractivity contribution in [1.82, 2.24) is 9.78 Å². The third-order valence-corrected chi connectivity index (χ3v) is 2.32. The summed E-state index contributed by atoms with van der Waals surface area (Å²) < 4.78 is 6.69. The number of esters is 1. The predicted molar refractivity (Wildman–Crippen MR) is 55.4 cm³/mol. The quantitative estimate of drug-likeness (QED) is 0.707. The molecule has 1 aromatic heterocycles. The van der Waals surface area contributed by atoms with Crippen LogP contribution in [0.25, 0.3) is 0 Å². The maximum absolute atomic E-state index is 11.3. The van der Waals surface area contributed by atoms with Gasteiger partial charge in [-0.3, -0.25) is 9.48 Å². The van der Waals surface area contributed by atoms with Gasteiger partial charge in [-0.2, -0.15) is 5.10 Å². The van der Waals surface area contributed by atoms with E-state index in [4.69, 9.17) is 4.74 Å². The van der Waals surface area contributed by atoms with Gasteiger partial charge in [0.1, 0.15) is 6.54 Å². The van der Waals surface area contributed by atoms with Crippen molar-refractivity contribution >= 4 is 5.97 Å². The minimum Gasteiger partial charge on any atom is -0.462 e. The average molecular weight is 208 g/mol. The molecule has 0 amide bonds. The molecule has 15 heavy (non-hydrogen) atoms. The number of aromatic nitrogens is 2. The standard InChI is InChI=1S/C11H16N2O2/c1-8(2)15-11(14)7-13-6-5-10(12-13)9-3-4-9/h5-6,8-9H,3-4,7H2,1-2H3. The fourth-order valence-corrected chi connectivity index (χ4v) is 1.49. The van der Waals surface area contributed by atoms with Gasteiger partial charge < -0.3 is 4.74 Å². The van der Waals surface area contributed by atoms with Gasteiger partial charge in [0.05, 0.1) is 11.8 Å². The molecule has 0 N–H and O–H groups in total. The molecule has 0 aromatic carbocycles. The minimum atomic E-state index is -0.226. The van der Waals surface area contributed by atoms with Gasteiger partial charge in [0, 0.05) is 12.1 Å².